The minimum absolute atomic E-state index is 0.124. The summed E-state index contributed by atoms with van der Waals surface area (Å²) in [5.74, 6) is -0.215. The summed E-state index contributed by atoms with van der Waals surface area (Å²) >= 11 is 9.05. The van der Waals surface area contributed by atoms with E-state index in [9.17, 15) is 24.6 Å². The number of rotatable bonds is 8. The molecule has 108 heavy (non-hydrogen) atoms. The molecule has 0 unspecified atom stereocenters. The fourth-order valence-electron chi connectivity index (χ4n) is 14.0. The van der Waals surface area contributed by atoms with Crippen molar-refractivity contribution < 1.29 is 14.2 Å². The van der Waals surface area contributed by atoms with Gasteiger partial charge in [-0.05, 0) is 263 Å². The molecular formula is C94H66Br2FIN6O4. The Morgan fingerprint density at radius 3 is 1.42 bits per heavy atom. The predicted octanol–water partition coefficient (Wildman–Crippen LogP) is 26.6. The third-order valence-corrected chi connectivity index (χ3v) is 21.2. The summed E-state index contributed by atoms with van der Waals surface area (Å²) in [5.41, 5.74) is 22.1. The molecule has 0 amide bonds. The number of hydrogen-bond donors (Lipinski definition) is 0. The monoisotopic (exact) mass is 1650 g/mol. The zero-order chi connectivity index (χ0) is 74.0. The summed E-state index contributed by atoms with van der Waals surface area (Å²) in [6.45, 7) is 0. The van der Waals surface area contributed by atoms with Gasteiger partial charge in [-0.25, -0.2) is 4.39 Å². The van der Waals surface area contributed by atoms with E-state index in [0.29, 0.717) is 15.6 Å². The summed E-state index contributed by atoms with van der Waals surface area (Å²) in [6, 6.07) is 115. The summed E-state index contributed by atoms with van der Waals surface area (Å²) in [4.78, 5) is 21.6. The average molecular weight is 1650 g/mol. The predicted molar refractivity (Wildman–Crippen MR) is 457 cm³/mol. The Bertz CT molecular complexity index is 6310. The highest BCUT2D eigenvalue weighted by Gasteiger charge is 2.22. The lowest BCUT2D eigenvalue weighted by atomic mass is 9.99. The van der Waals surface area contributed by atoms with Gasteiger partial charge in [0.05, 0.1) is 58.7 Å². The molecule has 2 aliphatic rings. The van der Waals surface area contributed by atoms with Crippen molar-refractivity contribution in [1.29, 1.82) is 0 Å². The van der Waals surface area contributed by atoms with Gasteiger partial charge in [0.25, 0.3) is 11.4 Å². The summed E-state index contributed by atoms with van der Waals surface area (Å²) < 4.78 is 24.2. The molecule has 0 spiro atoms. The Hall–Kier alpha value is -12.3. The molecule has 0 saturated carbocycles. The number of nitrogens with zero attached hydrogens (tertiary/aromatic N) is 6. The van der Waals surface area contributed by atoms with Crippen molar-refractivity contribution in [3.63, 3.8) is 0 Å². The second-order valence-corrected chi connectivity index (χ2v) is 28.7. The molecular weight excluding hydrogens is 1580 g/mol. The van der Waals surface area contributed by atoms with Crippen LogP contribution in [0.15, 0.2) is 379 Å². The third-order valence-electron chi connectivity index (χ3n) is 19.1. The second-order valence-electron chi connectivity index (χ2n) is 25.7. The number of fused-ring (bicyclic) bond motifs is 10. The Labute approximate surface area is 653 Å². The Morgan fingerprint density at radius 1 is 0.361 bits per heavy atom. The highest BCUT2D eigenvalue weighted by molar-refractivity contribution is 14.1. The van der Waals surface area contributed by atoms with Crippen LogP contribution in [0.1, 0.15) is 22.3 Å². The molecule has 0 radical (unpaired) electrons. The number of nitro groups is 2. The van der Waals surface area contributed by atoms with Crippen LogP contribution in [0, 0.1) is 29.6 Å². The highest BCUT2D eigenvalue weighted by Crippen LogP contribution is 2.42. The van der Waals surface area contributed by atoms with Gasteiger partial charge in [-0.15, -0.1) is 0 Å². The zero-order valence-corrected chi connectivity index (χ0v) is 63.4. The van der Waals surface area contributed by atoms with Crippen LogP contribution < -0.4 is 0 Å². The van der Waals surface area contributed by atoms with E-state index in [0.717, 1.165) is 56.3 Å². The normalized spacial score (nSPS) is 11.4. The smallest absolute Gasteiger partial charge is 0.277 e. The maximum atomic E-state index is 12.3. The number of benzene rings is 14. The largest absolute Gasteiger partial charge is 0.317 e. The summed E-state index contributed by atoms with van der Waals surface area (Å²) in [7, 11) is 0. The molecule has 20 rings (SSSR count). The van der Waals surface area contributed by atoms with Gasteiger partial charge in [-0.3, -0.25) is 20.2 Å². The third kappa shape index (κ3) is 15.4. The van der Waals surface area contributed by atoms with E-state index in [4.69, 9.17) is 0 Å². The number of allylic oxidation sites excluding steroid dienone is 1. The minimum atomic E-state index is -0.339. The summed E-state index contributed by atoms with van der Waals surface area (Å²) in [5, 5.41) is 28.4. The van der Waals surface area contributed by atoms with E-state index in [2.05, 4.69) is 291 Å². The molecule has 0 bridgehead atoms. The Morgan fingerprint density at radius 2 is 0.843 bits per heavy atom. The minimum Gasteiger partial charge on any atom is -0.317 e. The number of aromatic nitrogens is 4. The maximum Gasteiger partial charge on any atom is 0.277 e. The zero-order valence-electron chi connectivity index (χ0n) is 58.0. The fourth-order valence-corrected chi connectivity index (χ4v) is 15.2. The first-order valence-electron chi connectivity index (χ1n) is 35.1. The van der Waals surface area contributed by atoms with E-state index in [1.54, 1.807) is 48.5 Å². The first-order valence-corrected chi connectivity index (χ1v) is 37.7. The van der Waals surface area contributed by atoms with Crippen LogP contribution in [0.3, 0.4) is 0 Å². The van der Waals surface area contributed by atoms with Gasteiger partial charge in [-0.2, -0.15) is 0 Å². The summed E-state index contributed by atoms with van der Waals surface area (Å²) in [6.07, 6.45) is 12.5. The molecule has 18 aromatic rings. The van der Waals surface area contributed by atoms with Crippen LogP contribution >= 0.6 is 54.5 Å². The number of hydrogen-bond acceptors (Lipinski definition) is 4. The molecule has 2 aliphatic carbocycles. The second kappa shape index (κ2) is 32.6. The first-order chi connectivity index (χ1) is 52.9. The molecule has 10 nitrogen and oxygen atoms in total. The average Bonchev–Trinajstić information content (AvgIpc) is 1.58. The molecule has 0 saturated heterocycles. The van der Waals surface area contributed by atoms with E-state index in [-0.39, 0.29) is 27.0 Å². The highest BCUT2D eigenvalue weighted by atomic mass is 127. The lowest BCUT2D eigenvalue weighted by molar-refractivity contribution is -0.384. The number of para-hydroxylation sites is 7. The van der Waals surface area contributed by atoms with Gasteiger partial charge in [0.15, 0.2) is 0 Å². The quantitative estimate of drug-likeness (QED) is 0.0858. The van der Waals surface area contributed by atoms with Crippen molar-refractivity contribution in [2.75, 3.05) is 0 Å². The van der Waals surface area contributed by atoms with E-state index >= 15 is 0 Å². The fraction of sp³-hybridized carbons (Fsp3) is 0.0213. The Balaban J connectivity index is 0.000000109. The molecule has 14 heteroatoms. The number of nitro benzene ring substituents is 2. The van der Waals surface area contributed by atoms with Gasteiger partial charge in [0, 0.05) is 82.8 Å². The van der Waals surface area contributed by atoms with Crippen LogP contribution in [-0.2, 0) is 12.8 Å². The van der Waals surface area contributed by atoms with Crippen LogP contribution in [0.5, 0.6) is 0 Å². The maximum absolute atomic E-state index is 12.3. The molecule has 524 valence electrons. The molecule has 0 aliphatic heterocycles. The topological polar surface area (TPSA) is 106 Å². The van der Waals surface area contributed by atoms with Gasteiger partial charge in [0.2, 0.25) is 0 Å². The van der Waals surface area contributed by atoms with Crippen molar-refractivity contribution in [3.05, 3.63) is 431 Å². The van der Waals surface area contributed by atoms with E-state index < -0.39 is 0 Å². The molecule has 0 atom stereocenters. The Kier molecular flexibility index (Phi) is 21.5. The lowest BCUT2D eigenvalue weighted by Crippen LogP contribution is -1.95. The lowest BCUT2D eigenvalue weighted by Gasteiger charge is -2.10. The van der Waals surface area contributed by atoms with Crippen molar-refractivity contribution in [2.45, 2.75) is 12.8 Å². The van der Waals surface area contributed by atoms with E-state index in [1.807, 2.05) is 97.2 Å². The van der Waals surface area contributed by atoms with Crippen LogP contribution in [-0.4, -0.2) is 28.1 Å². The number of halogens is 4. The molecule has 0 fully saturated rings. The molecule has 0 N–H and O–H groups in total. The first kappa shape index (κ1) is 71.3. The van der Waals surface area contributed by atoms with Gasteiger partial charge in [0.1, 0.15) is 5.82 Å². The van der Waals surface area contributed by atoms with E-state index in [1.165, 1.54) is 98.5 Å². The van der Waals surface area contributed by atoms with Crippen LogP contribution in [0.4, 0.5) is 15.8 Å². The van der Waals surface area contributed by atoms with Crippen molar-refractivity contribution in [3.8, 4) is 56.1 Å². The van der Waals surface area contributed by atoms with Gasteiger partial charge >= 0.3 is 0 Å². The van der Waals surface area contributed by atoms with Crippen molar-refractivity contribution in [1.82, 2.24) is 18.3 Å². The molecule has 4 heterocycles. The SMILES string of the molecule is Brc1ccccc1-n1c2ccccc2c2cc3c(ccn3-c3ccccc3)cc21.Fc1ccccc1Br.Ic1ccccc1.O=[N+]([O-])c1ccccc1-c1ccc2c(c1)C=CC2.O=[N+]([O-])c1ccccc1-c1ccc2c(ccn2-c2ccccc2)c1.c1ccc(-n2ccc3cc4c(cc32)-c2ccccc2C4)cc1. The standard InChI is InChI=1S/C26H17BrN2.C21H15N.C20H14N2O2.C15H11NO2.C6H4BrF.C6H5I/c27-22-11-5-7-13-24(22)29-23-12-6-4-10-20(23)21-17-25-18(16-26(21)29)14-15-28(25)19-8-2-1-3-9-19;1-2-7-18(8-3-1)22-11-10-16-13-17-12-15-6-4-5-9-19(15)20(17)14-21(16)22;23-22(24)20-9-5-4-8-18(20)15-10-11-19-16(14-15)12-13-21(19)17-6-2-1-3-7-17;17-16(18)15-7-2-1-6-14(15)13-9-8-11-4-3-5-12(11)10-13;7-5-3-1-2-4-6(5)8;7-6-4-2-1-3-5-6/h1-17H;1-11,13-14H,12H2;1-14H;1-3,5-10H,4H2;1-4H;1-5H. The van der Waals surface area contributed by atoms with Crippen LogP contribution in [0.25, 0.3) is 117 Å². The van der Waals surface area contributed by atoms with Gasteiger partial charge < -0.3 is 18.3 Å². The van der Waals surface area contributed by atoms with Crippen molar-refractivity contribution in [2.24, 2.45) is 0 Å². The van der Waals surface area contributed by atoms with Gasteiger partial charge in [-0.1, -0.05) is 194 Å². The molecule has 14 aromatic carbocycles. The molecule has 4 aromatic heterocycles. The van der Waals surface area contributed by atoms with Crippen molar-refractivity contribution >= 4 is 126 Å². The van der Waals surface area contributed by atoms with Crippen LogP contribution in [0.2, 0.25) is 0 Å².